The maximum atomic E-state index is 12.6. The second-order valence-corrected chi connectivity index (χ2v) is 6.76. The molecule has 1 saturated heterocycles. The lowest BCUT2D eigenvalue weighted by atomic mass is 10.2. The smallest absolute Gasteiger partial charge is 0.225 e. The van der Waals surface area contributed by atoms with Gasteiger partial charge in [0.15, 0.2) is 5.82 Å². The number of anilines is 2. The normalized spacial score (nSPS) is 14.1. The molecular formula is C20H26N4O4. The molecule has 0 aliphatic carbocycles. The number of aryl methyl sites for hydroxylation is 1. The van der Waals surface area contributed by atoms with Crippen molar-refractivity contribution in [1.82, 2.24) is 10.1 Å². The zero-order valence-corrected chi connectivity index (χ0v) is 16.6. The fourth-order valence-corrected chi connectivity index (χ4v) is 3.37. The fraction of sp³-hybridized carbons (Fsp3) is 0.450. The molecule has 0 unspecified atom stereocenters. The van der Waals surface area contributed by atoms with E-state index in [1.54, 1.807) is 20.1 Å². The molecule has 8 nitrogen and oxygen atoms in total. The predicted octanol–water partition coefficient (Wildman–Crippen LogP) is 2.08. The molecule has 0 spiro atoms. The van der Waals surface area contributed by atoms with Gasteiger partial charge in [0.1, 0.15) is 11.5 Å². The van der Waals surface area contributed by atoms with E-state index in [-0.39, 0.29) is 24.8 Å². The molecule has 0 saturated carbocycles. The Labute approximate surface area is 164 Å². The van der Waals surface area contributed by atoms with E-state index < -0.39 is 0 Å². The number of benzene rings is 1. The molecule has 1 aromatic heterocycles. The van der Waals surface area contributed by atoms with Gasteiger partial charge in [-0.15, -0.1) is 0 Å². The quantitative estimate of drug-likeness (QED) is 0.756. The van der Waals surface area contributed by atoms with E-state index in [0.29, 0.717) is 24.7 Å². The molecule has 1 fully saturated rings. The number of piperazine rings is 1. The van der Waals surface area contributed by atoms with Crippen molar-refractivity contribution in [2.75, 3.05) is 49.6 Å². The summed E-state index contributed by atoms with van der Waals surface area (Å²) >= 11 is 0. The van der Waals surface area contributed by atoms with E-state index in [1.807, 2.05) is 29.2 Å². The number of aromatic nitrogens is 1. The van der Waals surface area contributed by atoms with Crippen molar-refractivity contribution in [3.05, 3.63) is 36.1 Å². The topological polar surface area (TPSA) is 79.1 Å². The van der Waals surface area contributed by atoms with E-state index in [4.69, 9.17) is 9.26 Å². The second-order valence-electron chi connectivity index (χ2n) is 6.76. The van der Waals surface area contributed by atoms with Gasteiger partial charge in [-0.1, -0.05) is 17.3 Å². The first kappa shape index (κ1) is 19.7. The van der Waals surface area contributed by atoms with Crippen LogP contribution in [0.25, 0.3) is 0 Å². The number of rotatable bonds is 6. The van der Waals surface area contributed by atoms with Gasteiger partial charge in [0.2, 0.25) is 11.8 Å². The molecule has 1 aliphatic rings. The Morgan fingerprint density at radius 2 is 1.93 bits per heavy atom. The third-order valence-corrected chi connectivity index (χ3v) is 4.88. The molecule has 0 N–H and O–H groups in total. The summed E-state index contributed by atoms with van der Waals surface area (Å²) in [4.78, 5) is 30.1. The molecule has 150 valence electrons. The molecule has 2 heterocycles. The Bertz CT molecular complexity index is 827. The van der Waals surface area contributed by atoms with Crippen LogP contribution in [0.15, 0.2) is 34.9 Å². The van der Waals surface area contributed by atoms with Crippen molar-refractivity contribution in [3.63, 3.8) is 0 Å². The van der Waals surface area contributed by atoms with Gasteiger partial charge in [-0.05, 0) is 19.1 Å². The average molecular weight is 386 g/mol. The molecule has 0 radical (unpaired) electrons. The molecule has 1 aliphatic heterocycles. The summed E-state index contributed by atoms with van der Waals surface area (Å²) in [6.45, 7) is 6.27. The molecule has 0 atom stereocenters. The summed E-state index contributed by atoms with van der Waals surface area (Å²) in [6.07, 6.45) is 0.250. The number of carbonyl (C=O) groups is 2. The largest absolute Gasteiger partial charge is 0.495 e. The SMILES string of the molecule is COc1ccccc1N1CCN(C(=O)CCN(C(C)=O)c2cc(C)on2)CC1. The number of nitrogens with zero attached hydrogens (tertiary/aromatic N) is 4. The molecule has 8 heteroatoms. The van der Waals surface area contributed by atoms with Crippen molar-refractivity contribution >= 4 is 23.3 Å². The zero-order chi connectivity index (χ0) is 20.1. The lowest BCUT2D eigenvalue weighted by molar-refractivity contribution is -0.131. The minimum atomic E-state index is -0.165. The fourth-order valence-electron chi connectivity index (χ4n) is 3.37. The zero-order valence-electron chi connectivity index (χ0n) is 16.6. The highest BCUT2D eigenvalue weighted by molar-refractivity contribution is 5.91. The summed E-state index contributed by atoms with van der Waals surface area (Å²) in [5.74, 6) is 1.77. The first-order valence-electron chi connectivity index (χ1n) is 9.36. The summed E-state index contributed by atoms with van der Waals surface area (Å²) in [6, 6.07) is 9.59. The Hall–Kier alpha value is -3.03. The van der Waals surface area contributed by atoms with Crippen LogP contribution in [-0.2, 0) is 9.59 Å². The van der Waals surface area contributed by atoms with Gasteiger partial charge in [0.05, 0.1) is 12.8 Å². The van der Waals surface area contributed by atoms with Crippen LogP contribution in [0.1, 0.15) is 19.1 Å². The van der Waals surface area contributed by atoms with Crippen LogP contribution >= 0.6 is 0 Å². The first-order valence-corrected chi connectivity index (χ1v) is 9.36. The van der Waals surface area contributed by atoms with Crippen molar-refractivity contribution in [2.24, 2.45) is 0 Å². The van der Waals surface area contributed by atoms with E-state index in [2.05, 4.69) is 10.1 Å². The number of para-hydroxylation sites is 2. The Morgan fingerprint density at radius 3 is 2.54 bits per heavy atom. The van der Waals surface area contributed by atoms with Gasteiger partial charge in [0.25, 0.3) is 0 Å². The monoisotopic (exact) mass is 386 g/mol. The van der Waals surface area contributed by atoms with Gasteiger partial charge >= 0.3 is 0 Å². The molecule has 2 amide bonds. The molecular weight excluding hydrogens is 360 g/mol. The van der Waals surface area contributed by atoms with E-state index in [0.717, 1.165) is 24.5 Å². The first-order chi connectivity index (χ1) is 13.5. The molecule has 28 heavy (non-hydrogen) atoms. The number of hydrogen-bond donors (Lipinski definition) is 0. The summed E-state index contributed by atoms with van der Waals surface area (Å²) in [5, 5.41) is 3.87. The van der Waals surface area contributed by atoms with Gasteiger partial charge < -0.3 is 19.1 Å². The average Bonchev–Trinajstić information content (AvgIpc) is 3.13. The maximum absolute atomic E-state index is 12.6. The van der Waals surface area contributed by atoms with E-state index in [1.165, 1.54) is 11.8 Å². The Morgan fingerprint density at radius 1 is 1.21 bits per heavy atom. The second kappa shape index (κ2) is 8.77. The van der Waals surface area contributed by atoms with Gasteiger partial charge in [-0.25, -0.2) is 0 Å². The van der Waals surface area contributed by atoms with Crippen LogP contribution in [0.4, 0.5) is 11.5 Å². The Balaban J connectivity index is 1.54. The third-order valence-electron chi connectivity index (χ3n) is 4.88. The highest BCUT2D eigenvalue weighted by atomic mass is 16.5. The van der Waals surface area contributed by atoms with Crippen molar-refractivity contribution in [1.29, 1.82) is 0 Å². The lowest BCUT2D eigenvalue weighted by Gasteiger charge is -2.36. The van der Waals surface area contributed by atoms with Crippen LogP contribution in [-0.4, -0.2) is 61.7 Å². The minimum Gasteiger partial charge on any atom is -0.495 e. The summed E-state index contributed by atoms with van der Waals surface area (Å²) in [5.41, 5.74) is 1.04. The lowest BCUT2D eigenvalue weighted by Crippen LogP contribution is -2.49. The van der Waals surface area contributed by atoms with E-state index in [9.17, 15) is 9.59 Å². The van der Waals surface area contributed by atoms with Crippen molar-refractivity contribution < 1.29 is 18.8 Å². The van der Waals surface area contributed by atoms with Crippen LogP contribution in [0, 0.1) is 6.92 Å². The van der Waals surface area contributed by atoms with Gasteiger partial charge in [-0.2, -0.15) is 0 Å². The predicted molar refractivity (Wildman–Crippen MR) is 106 cm³/mol. The summed E-state index contributed by atoms with van der Waals surface area (Å²) in [7, 11) is 1.66. The van der Waals surface area contributed by atoms with Crippen molar-refractivity contribution in [3.8, 4) is 5.75 Å². The third kappa shape index (κ3) is 4.44. The van der Waals surface area contributed by atoms with E-state index >= 15 is 0 Å². The number of amides is 2. The highest BCUT2D eigenvalue weighted by Gasteiger charge is 2.24. The highest BCUT2D eigenvalue weighted by Crippen LogP contribution is 2.28. The standard InChI is InChI=1S/C20H26N4O4/c1-15-14-19(21-28-15)24(16(2)25)9-8-20(26)23-12-10-22(11-13-23)17-6-4-5-7-18(17)27-3/h4-7,14H,8-13H2,1-3H3. The maximum Gasteiger partial charge on any atom is 0.225 e. The van der Waals surface area contributed by atoms with Gasteiger partial charge in [-0.3, -0.25) is 14.5 Å². The van der Waals surface area contributed by atoms with Gasteiger partial charge in [0, 0.05) is 52.1 Å². The molecule has 2 aromatic rings. The minimum absolute atomic E-state index is 0.0335. The van der Waals surface area contributed by atoms with Crippen LogP contribution < -0.4 is 14.5 Å². The van der Waals surface area contributed by atoms with Crippen molar-refractivity contribution in [2.45, 2.75) is 20.3 Å². The molecule has 0 bridgehead atoms. The number of carbonyl (C=O) groups excluding carboxylic acids is 2. The Kier molecular flexibility index (Phi) is 6.18. The van der Waals surface area contributed by atoms with Crippen LogP contribution in [0.2, 0.25) is 0 Å². The number of ether oxygens (including phenoxy) is 1. The number of methoxy groups -OCH3 is 1. The summed E-state index contributed by atoms with van der Waals surface area (Å²) < 4.78 is 10.5. The molecule has 3 rings (SSSR count). The number of hydrogen-bond acceptors (Lipinski definition) is 6. The van der Waals surface area contributed by atoms with Crippen LogP contribution in [0.5, 0.6) is 5.75 Å². The van der Waals surface area contributed by atoms with Crippen LogP contribution in [0.3, 0.4) is 0 Å². The molecule has 1 aromatic carbocycles.